The van der Waals surface area contributed by atoms with Gasteiger partial charge in [0.15, 0.2) is 49.3 Å². The molecule has 2 aromatic heterocycles. The SMILES string of the molecule is COc1cc(N(COPOC(C)(C)CCC(C)(C)O)c2ncc(F)c(Nc3ccc4c(n3)NC(=O)C(C)(C)O4)n2)cc(OC)c1OC. The van der Waals surface area contributed by atoms with E-state index in [4.69, 9.17) is 28.0 Å². The summed E-state index contributed by atoms with van der Waals surface area (Å²) in [5, 5.41) is 15.7. The number of benzene rings is 1. The molecule has 0 bridgehead atoms. The minimum Gasteiger partial charge on any atom is -0.493 e. The van der Waals surface area contributed by atoms with Crippen molar-refractivity contribution in [3.63, 3.8) is 0 Å². The number of carbonyl (C=O) groups is 1. The summed E-state index contributed by atoms with van der Waals surface area (Å²) in [6, 6.07) is 6.55. The normalized spacial score (nSPS) is 14.3. The van der Waals surface area contributed by atoms with Crippen molar-refractivity contribution < 1.29 is 42.3 Å². The molecule has 1 aliphatic heterocycles. The van der Waals surface area contributed by atoms with Gasteiger partial charge in [0.1, 0.15) is 12.5 Å². The number of hydrogen-bond donors (Lipinski definition) is 3. The molecule has 4 rings (SSSR count). The van der Waals surface area contributed by atoms with Gasteiger partial charge in [0.25, 0.3) is 5.91 Å². The van der Waals surface area contributed by atoms with E-state index in [9.17, 15) is 9.90 Å². The number of halogens is 1. The Morgan fingerprint density at radius 2 is 1.74 bits per heavy atom. The Bertz CT molecular complexity index is 1560. The molecule has 0 radical (unpaired) electrons. The highest BCUT2D eigenvalue weighted by Crippen LogP contribution is 2.43. The molecule has 3 N–H and O–H groups in total. The molecule has 0 saturated carbocycles. The van der Waals surface area contributed by atoms with E-state index in [0.717, 1.165) is 6.20 Å². The lowest BCUT2D eigenvalue weighted by molar-refractivity contribution is -0.129. The molecule has 0 saturated heterocycles. The van der Waals surface area contributed by atoms with E-state index >= 15 is 4.39 Å². The van der Waals surface area contributed by atoms with Crippen molar-refractivity contribution in [2.75, 3.05) is 43.6 Å². The molecule has 0 aliphatic carbocycles. The summed E-state index contributed by atoms with van der Waals surface area (Å²) < 4.78 is 49.3. The number of rotatable bonds is 15. The number of methoxy groups -OCH3 is 3. The molecule has 1 unspecified atom stereocenters. The number of pyridine rings is 1. The zero-order valence-corrected chi connectivity index (χ0v) is 29.0. The number of anilines is 5. The second-order valence-corrected chi connectivity index (χ2v) is 13.1. The third kappa shape index (κ3) is 9.07. The molecule has 3 heterocycles. The van der Waals surface area contributed by atoms with E-state index in [2.05, 4.69) is 25.6 Å². The van der Waals surface area contributed by atoms with Gasteiger partial charge in [0, 0.05) is 12.1 Å². The van der Waals surface area contributed by atoms with E-state index in [1.807, 2.05) is 13.8 Å². The highest BCUT2D eigenvalue weighted by Gasteiger charge is 2.36. The Kier molecular flexibility index (Phi) is 11.0. The second-order valence-electron chi connectivity index (χ2n) is 12.4. The number of amides is 1. The fourth-order valence-electron chi connectivity index (χ4n) is 4.33. The van der Waals surface area contributed by atoms with Crippen LogP contribution in [-0.4, -0.2) is 70.8 Å². The third-order valence-electron chi connectivity index (χ3n) is 7.09. The fraction of sp³-hybridized carbons (Fsp3) is 0.484. The van der Waals surface area contributed by atoms with Crippen molar-refractivity contribution in [3.05, 3.63) is 36.3 Å². The quantitative estimate of drug-likeness (QED) is 0.1000. The predicted molar refractivity (Wildman–Crippen MR) is 176 cm³/mol. The summed E-state index contributed by atoms with van der Waals surface area (Å²) in [5.74, 6) is 0.632. The molecule has 1 atom stereocenters. The topological polar surface area (TPSA) is 159 Å². The van der Waals surface area contributed by atoms with Crippen LogP contribution >= 0.6 is 9.03 Å². The van der Waals surface area contributed by atoms with Crippen LogP contribution in [0.2, 0.25) is 0 Å². The summed E-state index contributed by atoms with van der Waals surface area (Å²) in [6.07, 6.45) is 2.15. The number of carbonyl (C=O) groups excluding carboxylic acids is 1. The zero-order valence-electron chi connectivity index (χ0n) is 28.0. The number of nitrogens with one attached hydrogen (secondary N) is 2. The number of ether oxygens (including phenoxy) is 4. The number of nitrogens with zero attached hydrogens (tertiary/aromatic N) is 4. The van der Waals surface area contributed by atoms with Gasteiger partial charge in [-0.3, -0.25) is 9.69 Å². The van der Waals surface area contributed by atoms with Crippen LogP contribution in [0.15, 0.2) is 30.5 Å². The standard InChI is InChI=1S/C31H42FN6O8P/c1-29(2,40)12-13-30(3,4)46-47-44-17-38(18-14-21(41-7)24(43-9)22(15-18)42-8)28-33-16-19(32)25(37-28)34-23-11-10-20-26(35-23)36-27(39)31(5,6)45-20/h10-11,14-16,40,47H,12-13,17H2,1-9H3,(H2,33,34,35,36,37,39). The van der Waals surface area contributed by atoms with E-state index < -0.39 is 31.7 Å². The van der Waals surface area contributed by atoms with Gasteiger partial charge in [-0.05, 0) is 66.5 Å². The largest absolute Gasteiger partial charge is 0.493 e. The van der Waals surface area contributed by atoms with Crippen LogP contribution in [0.3, 0.4) is 0 Å². The van der Waals surface area contributed by atoms with Crippen molar-refractivity contribution in [2.45, 2.75) is 71.2 Å². The van der Waals surface area contributed by atoms with E-state index in [-0.39, 0.29) is 36.0 Å². The van der Waals surface area contributed by atoms with Crippen molar-refractivity contribution in [1.29, 1.82) is 0 Å². The van der Waals surface area contributed by atoms with Gasteiger partial charge in [0.05, 0.1) is 44.4 Å². The maximum Gasteiger partial charge on any atom is 0.269 e. The lowest BCUT2D eigenvalue weighted by Gasteiger charge is -2.30. The fourth-order valence-corrected chi connectivity index (χ4v) is 4.89. The first-order valence-electron chi connectivity index (χ1n) is 14.7. The maximum atomic E-state index is 15.1. The minimum absolute atomic E-state index is 0.0607. The first-order chi connectivity index (χ1) is 22.1. The molecule has 0 spiro atoms. The predicted octanol–water partition coefficient (Wildman–Crippen LogP) is 5.86. The number of aliphatic hydroxyl groups is 1. The van der Waals surface area contributed by atoms with Crippen LogP contribution in [-0.2, 0) is 13.8 Å². The van der Waals surface area contributed by atoms with Crippen molar-refractivity contribution >= 4 is 44.0 Å². The first kappa shape index (κ1) is 35.8. The van der Waals surface area contributed by atoms with Crippen LogP contribution in [0.4, 0.5) is 33.5 Å². The molecule has 1 aliphatic rings. The smallest absolute Gasteiger partial charge is 0.269 e. The highest BCUT2D eigenvalue weighted by molar-refractivity contribution is 7.26. The molecule has 1 amide bonds. The molecule has 0 fully saturated rings. The van der Waals surface area contributed by atoms with Gasteiger partial charge in [-0.2, -0.15) is 4.98 Å². The van der Waals surface area contributed by atoms with Crippen LogP contribution in [0.5, 0.6) is 23.0 Å². The Labute approximate surface area is 275 Å². The van der Waals surface area contributed by atoms with Gasteiger partial charge in [-0.1, -0.05) is 0 Å². The minimum atomic E-state index is -1.06. The molecule has 256 valence electrons. The first-order valence-corrected chi connectivity index (χ1v) is 15.5. The molecule has 47 heavy (non-hydrogen) atoms. The molecular formula is C31H42FN6O8P. The van der Waals surface area contributed by atoms with Gasteiger partial charge in [-0.15, -0.1) is 0 Å². The number of hydrogen-bond acceptors (Lipinski definition) is 13. The lowest BCUT2D eigenvalue weighted by Crippen LogP contribution is -2.46. The maximum absolute atomic E-state index is 15.1. The van der Waals surface area contributed by atoms with Gasteiger partial charge in [-0.25, -0.2) is 14.4 Å². The number of fused-ring (bicyclic) bond motifs is 1. The van der Waals surface area contributed by atoms with Crippen molar-refractivity contribution in [1.82, 2.24) is 15.0 Å². The summed E-state index contributed by atoms with van der Waals surface area (Å²) in [6.45, 7) is 10.5. The monoisotopic (exact) mass is 676 g/mol. The summed E-state index contributed by atoms with van der Waals surface area (Å²) in [4.78, 5) is 27.0. The second kappa shape index (κ2) is 14.4. The van der Waals surface area contributed by atoms with Crippen LogP contribution in [0.25, 0.3) is 0 Å². The third-order valence-corrected chi connectivity index (χ3v) is 7.97. The summed E-state index contributed by atoms with van der Waals surface area (Å²) >= 11 is 0. The molecule has 14 nitrogen and oxygen atoms in total. The van der Waals surface area contributed by atoms with E-state index in [1.165, 1.54) is 21.3 Å². The van der Waals surface area contributed by atoms with Crippen LogP contribution in [0, 0.1) is 5.82 Å². The van der Waals surface area contributed by atoms with E-state index in [1.54, 1.807) is 56.9 Å². The average molecular weight is 677 g/mol. The summed E-state index contributed by atoms with van der Waals surface area (Å²) in [5.41, 5.74) is -1.97. The van der Waals surface area contributed by atoms with Gasteiger partial charge >= 0.3 is 0 Å². The highest BCUT2D eigenvalue weighted by atomic mass is 31.1. The van der Waals surface area contributed by atoms with Gasteiger partial charge in [0.2, 0.25) is 11.7 Å². The Hall–Kier alpha value is -4.04. The molecule has 1 aromatic carbocycles. The molecule has 16 heteroatoms. The van der Waals surface area contributed by atoms with Gasteiger partial charge < -0.3 is 43.7 Å². The summed E-state index contributed by atoms with van der Waals surface area (Å²) in [7, 11) is 4.08. The van der Waals surface area contributed by atoms with Crippen molar-refractivity contribution in [3.8, 4) is 23.0 Å². The zero-order chi connectivity index (χ0) is 34.6. The Morgan fingerprint density at radius 3 is 2.36 bits per heavy atom. The van der Waals surface area contributed by atoms with Crippen LogP contribution in [0.1, 0.15) is 54.4 Å². The Morgan fingerprint density at radius 1 is 1.06 bits per heavy atom. The molecular weight excluding hydrogens is 634 g/mol. The lowest BCUT2D eigenvalue weighted by atomic mass is 9.94. The average Bonchev–Trinajstić information content (AvgIpc) is 3.01. The van der Waals surface area contributed by atoms with E-state index in [0.29, 0.717) is 41.5 Å². The molecule has 3 aromatic rings. The van der Waals surface area contributed by atoms with Crippen LogP contribution < -0.4 is 34.5 Å². The Balaban J connectivity index is 1.63. The number of aromatic nitrogens is 3. The van der Waals surface area contributed by atoms with Crippen molar-refractivity contribution in [2.24, 2.45) is 0 Å².